The molecule has 0 saturated heterocycles. The molecule has 200 valence electrons. The monoisotopic (exact) mass is 742 g/mol. The minimum Gasteiger partial charge on any atom is -0.227 e. The Hall–Kier alpha value is -1.57. The van der Waals surface area contributed by atoms with Crippen LogP contribution in [-0.2, 0) is 9.84 Å². The fourth-order valence-corrected chi connectivity index (χ4v) is 7.39. The number of halogens is 6. The van der Waals surface area contributed by atoms with Crippen LogP contribution in [0.4, 0.5) is 0 Å². The second-order valence-electron chi connectivity index (χ2n) is 8.58. The summed E-state index contributed by atoms with van der Waals surface area (Å²) >= 11 is 31.7. The van der Waals surface area contributed by atoms with Crippen molar-refractivity contribution in [2.75, 3.05) is 0 Å². The summed E-state index contributed by atoms with van der Waals surface area (Å²) in [5.41, 5.74) is 2.53. The third-order valence-electron chi connectivity index (χ3n) is 5.93. The number of sulfone groups is 1. The molecule has 0 fully saturated rings. The Bertz CT molecular complexity index is 1520. The van der Waals surface area contributed by atoms with Crippen molar-refractivity contribution in [1.82, 2.24) is 0 Å². The van der Waals surface area contributed by atoms with Gasteiger partial charge in [-0.2, -0.15) is 0 Å². The van der Waals surface area contributed by atoms with Crippen LogP contribution in [0.15, 0.2) is 106 Å². The van der Waals surface area contributed by atoms with Gasteiger partial charge in [0, 0.05) is 29.0 Å². The van der Waals surface area contributed by atoms with E-state index >= 15 is 0 Å². The van der Waals surface area contributed by atoms with Gasteiger partial charge < -0.3 is 0 Å². The van der Waals surface area contributed by atoms with Gasteiger partial charge in [0.2, 0.25) is 0 Å². The van der Waals surface area contributed by atoms with E-state index in [9.17, 15) is 8.42 Å². The molecule has 0 spiro atoms. The van der Waals surface area contributed by atoms with Crippen LogP contribution in [0, 0.1) is 0 Å². The highest BCUT2D eigenvalue weighted by molar-refractivity contribution is 9.10. The van der Waals surface area contributed by atoms with E-state index in [2.05, 4.69) is 31.9 Å². The van der Waals surface area contributed by atoms with E-state index in [1.165, 1.54) is 0 Å². The lowest BCUT2D eigenvalue weighted by molar-refractivity contribution is 0.584. The van der Waals surface area contributed by atoms with Gasteiger partial charge in [-0.25, -0.2) is 8.42 Å². The van der Waals surface area contributed by atoms with Crippen molar-refractivity contribution in [3.63, 3.8) is 0 Å². The molecule has 0 saturated carbocycles. The first-order valence-electron chi connectivity index (χ1n) is 11.5. The zero-order chi connectivity index (χ0) is 28.2. The molecule has 0 bridgehead atoms. The topological polar surface area (TPSA) is 34.1 Å². The highest BCUT2D eigenvalue weighted by Crippen LogP contribution is 2.39. The maximum absolute atomic E-state index is 14.5. The minimum atomic E-state index is -3.92. The summed E-state index contributed by atoms with van der Waals surface area (Å²) in [4.78, 5) is 0. The van der Waals surface area contributed by atoms with E-state index in [-0.39, 0.29) is 0 Å². The summed E-state index contributed by atoms with van der Waals surface area (Å²) in [6, 6.07) is 24.6. The van der Waals surface area contributed by atoms with Crippen LogP contribution in [0.3, 0.4) is 0 Å². The summed E-state index contributed by atoms with van der Waals surface area (Å²) in [6.45, 7) is 0. The SMILES string of the molecule is O=S(=O)(C(/C=C/c1ccc(Cl)cc1Cl)c1ccc(Br)cc1)C(/C=C/c1ccc(Cl)cc1Cl)c1ccc(Br)cc1. The molecule has 4 aromatic rings. The minimum absolute atomic E-state index is 0.424. The predicted octanol–water partition coefficient (Wildman–Crippen LogP) is 11.4. The summed E-state index contributed by atoms with van der Waals surface area (Å²) in [7, 11) is -3.92. The van der Waals surface area contributed by atoms with Crippen LogP contribution in [0.1, 0.15) is 32.8 Å². The second-order valence-corrected chi connectivity index (χ2v) is 14.3. The molecule has 0 aliphatic rings. The van der Waals surface area contributed by atoms with Gasteiger partial charge in [0.25, 0.3) is 0 Å². The molecule has 0 heterocycles. The molecule has 39 heavy (non-hydrogen) atoms. The quantitative estimate of drug-likeness (QED) is 0.180. The fraction of sp³-hybridized carbons (Fsp3) is 0.0667. The Kier molecular flexibility index (Phi) is 10.4. The van der Waals surface area contributed by atoms with Gasteiger partial charge in [-0.05, 0) is 70.8 Å². The average molecular weight is 746 g/mol. The van der Waals surface area contributed by atoms with E-state index in [4.69, 9.17) is 46.4 Å². The molecule has 4 rings (SSSR count). The number of hydrogen-bond acceptors (Lipinski definition) is 2. The largest absolute Gasteiger partial charge is 0.227 e. The van der Waals surface area contributed by atoms with Gasteiger partial charge in [-0.15, -0.1) is 0 Å². The van der Waals surface area contributed by atoms with Crippen molar-refractivity contribution < 1.29 is 8.42 Å². The molecule has 2 atom stereocenters. The predicted molar refractivity (Wildman–Crippen MR) is 174 cm³/mol. The highest BCUT2D eigenvalue weighted by Gasteiger charge is 2.33. The first-order valence-corrected chi connectivity index (χ1v) is 16.3. The first-order chi connectivity index (χ1) is 18.5. The average Bonchev–Trinajstić information content (AvgIpc) is 2.88. The normalized spacial score (nSPS) is 13.7. The van der Waals surface area contributed by atoms with Gasteiger partial charge in [0.05, 0.1) is 0 Å². The summed E-state index contributed by atoms with van der Waals surface area (Å²) in [5.74, 6) is 0. The molecule has 0 amide bonds. The lowest BCUT2D eigenvalue weighted by Gasteiger charge is -2.22. The van der Waals surface area contributed by atoms with Crippen molar-refractivity contribution in [1.29, 1.82) is 0 Å². The molecule has 9 heteroatoms. The van der Waals surface area contributed by atoms with Crippen LogP contribution in [-0.4, -0.2) is 8.42 Å². The summed E-state index contributed by atoms with van der Waals surface area (Å²) in [5, 5.41) is -0.140. The van der Waals surface area contributed by atoms with Crippen molar-refractivity contribution in [3.8, 4) is 0 Å². The summed E-state index contributed by atoms with van der Waals surface area (Å²) < 4.78 is 30.7. The molecular formula is C30H20Br2Cl4O2S. The van der Waals surface area contributed by atoms with Crippen LogP contribution in [0.25, 0.3) is 12.2 Å². The van der Waals surface area contributed by atoms with Gasteiger partial charge in [-0.3, -0.25) is 0 Å². The maximum Gasteiger partial charge on any atom is 0.171 e. The van der Waals surface area contributed by atoms with Gasteiger partial charge in [0.15, 0.2) is 9.84 Å². The zero-order valence-corrected chi connectivity index (χ0v) is 27.1. The third kappa shape index (κ3) is 7.80. The Labute approximate surface area is 265 Å². The van der Waals surface area contributed by atoms with Gasteiger partial charge in [0.1, 0.15) is 10.5 Å². The molecule has 0 radical (unpaired) electrons. The lowest BCUT2D eigenvalue weighted by Crippen LogP contribution is -2.19. The Morgan fingerprint density at radius 1 is 0.564 bits per heavy atom. The zero-order valence-electron chi connectivity index (χ0n) is 20.0. The number of rotatable bonds is 8. The molecule has 0 N–H and O–H groups in total. The van der Waals surface area contributed by atoms with Crippen molar-refractivity contribution in [2.45, 2.75) is 10.5 Å². The van der Waals surface area contributed by atoms with Gasteiger partial charge in [-0.1, -0.05) is 139 Å². The van der Waals surface area contributed by atoms with E-state index < -0.39 is 20.3 Å². The van der Waals surface area contributed by atoms with Crippen molar-refractivity contribution in [2.24, 2.45) is 0 Å². The third-order valence-corrected chi connectivity index (χ3v) is 10.4. The van der Waals surface area contributed by atoms with E-state index in [0.29, 0.717) is 42.3 Å². The van der Waals surface area contributed by atoms with Crippen LogP contribution in [0.5, 0.6) is 0 Å². The van der Waals surface area contributed by atoms with E-state index in [0.717, 1.165) is 8.95 Å². The molecule has 2 unspecified atom stereocenters. The van der Waals surface area contributed by atoms with Gasteiger partial charge >= 0.3 is 0 Å². The summed E-state index contributed by atoms with van der Waals surface area (Å²) in [6.07, 6.45) is 6.73. The highest BCUT2D eigenvalue weighted by atomic mass is 79.9. The first kappa shape index (κ1) is 30.4. The molecular weight excluding hydrogens is 726 g/mol. The second kappa shape index (κ2) is 13.4. The Balaban J connectivity index is 1.85. The van der Waals surface area contributed by atoms with Crippen molar-refractivity contribution >= 4 is 100 Å². The number of benzene rings is 4. The van der Waals surface area contributed by atoms with E-state index in [1.807, 2.05) is 24.3 Å². The van der Waals surface area contributed by atoms with Crippen LogP contribution >= 0.6 is 78.3 Å². The molecule has 0 aromatic heterocycles. The van der Waals surface area contributed by atoms with Crippen LogP contribution < -0.4 is 0 Å². The molecule has 2 nitrogen and oxygen atoms in total. The smallest absolute Gasteiger partial charge is 0.171 e. The Morgan fingerprint density at radius 2 is 0.923 bits per heavy atom. The molecule has 0 aliphatic carbocycles. The standard InChI is InChI=1S/C30H20Br2Cl4O2S/c31-23-9-1-21(2-10-23)29(15-7-19-5-13-25(33)17-27(19)35)39(37,38)30(22-3-11-24(32)12-4-22)16-8-20-6-14-26(34)18-28(20)36/h1-18,29-30H/b15-7+,16-8+. The van der Waals surface area contributed by atoms with Crippen molar-refractivity contribution in [3.05, 3.63) is 148 Å². The molecule has 4 aromatic carbocycles. The molecule has 0 aliphatic heterocycles. The van der Waals surface area contributed by atoms with Crippen LogP contribution in [0.2, 0.25) is 20.1 Å². The maximum atomic E-state index is 14.5. The Morgan fingerprint density at radius 3 is 1.26 bits per heavy atom. The van der Waals surface area contributed by atoms with E-state index in [1.54, 1.807) is 85.0 Å². The fourth-order valence-electron chi connectivity index (χ4n) is 3.94. The lowest BCUT2D eigenvalue weighted by atomic mass is 10.1. The number of hydrogen-bond donors (Lipinski definition) is 0.